The second-order valence-electron chi connectivity index (χ2n) is 5.54. The minimum Gasteiger partial charge on any atom is -0.343 e. The van der Waals surface area contributed by atoms with Crippen LogP contribution in [0.4, 0.5) is 5.69 Å². The zero-order chi connectivity index (χ0) is 18.4. The van der Waals surface area contributed by atoms with Gasteiger partial charge in [0, 0.05) is 11.8 Å². The molecule has 0 radical (unpaired) electrons. The molecule has 0 aromatic heterocycles. The van der Waals surface area contributed by atoms with E-state index in [1.807, 2.05) is 32.0 Å². The van der Waals surface area contributed by atoms with Crippen LogP contribution in [0.25, 0.3) is 6.08 Å². The Hall–Kier alpha value is -2.30. The molecule has 2 aromatic rings. The van der Waals surface area contributed by atoms with Crippen molar-refractivity contribution >= 4 is 46.8 Å². The van der Waals surface area contributed by atoms with Crippen LogP contribution in [0.1, 0.15) is 16.7 Å². The quantitative estimate of drug-likeness (QED) is 0.760. The normalized spacial score (nSPS) is 10.7. The molecule has 130 valence electrons. The van der Waals surface area contributed by atoms with Crippen molar-refractivity contribution in [3.63, 3.8) is 0 Å². The number of rotatable bonds is 5. The molecule has 0 bridgehead atoms. The highest BCUT2D eigenvalue weighted by Crippen LogP contribution is 2.23. The van der Waals surface area contributed by atoms with Crippen molar-refractivity contribution in [1.29, 1.82) is 0 Å². The number of nitrogens with one attached hydrogen (secondary N) is 2. The first-order chi connectivity index (χ1) is 11.9. The van der Waals surface area contributed by atoms with Crippen LogP contribution in [0.3, 0.4) is 0 Å². The smallest absolute Gasteiger partial charge is 0.244 e. The maximum atomic E-state index is 12.0. The van der Waals surface area contributed by atoms with Gasteiger partial charge >= 0.3 is 0 Å². The van der Waals surface area contributed by atoms with Crippen molar-refractivity contribution in [1.82, 2.24) is 5.32 Å². The SMILES string of the molecule is Cc1cccc(C)c1NC(=O)CNC(=O)/C=C/c1ccc(Cl)c(Cl)c1. The topological polar surface area (TPSA) is 58.2 Å². The molecule has 2 aromatic carbocycles. The Kier molecular flexibility index (Phi) is 6.62. The third-order valence-corrected chi connectivity index (χ3v) is 4.28. The fraction of sp³-hybridized carbons (Fsp3) is 0.158. The van der Waals surface area contributed by atoms with E-state index in [1.54, 1.807) is 24.3 Å². The summed E-state index contributed by atoms with van der Waals surface area (Å²) in [6, 6.07) is 10.8. The number of amides is 2. The average Bonchev–Trinajstić information content (AvgIpc) is 2.57. The lowest BCUT2D eigenvalue weighted by Gasteiger charge is -2.11. The fourth-order valence-corrected chi connectivity index (χ4v) is 2.52. The largest absolute Gasteiger partial charge is 0.343 e. The monoisotopic (exact) mass is 376 g/mol. The van der Waals surface area contributed by atoms with Crippen LogP contribution in [0, 0.1) is 13.8 Å². The third kappa shape index (κ3) is 5.62. The molecule has 4 nitrogen and oxygen atoms in total. The van der Waals surface area contributed by atoms with Gasteiger partial charge in [0.15, 0.2) is 0 Å². The number of hydrogen-bond acceptors (Lipinski definition) is 2. The van der Waals surface area contributed by atoms with Gasteiger partial charge in [-0.15, -0.1) is 0 Å². The first kappa shape index (κ1) is 19.0. The number of halogens is 2. The highest BCUT2D eigenvalue weighted by Gasteiger charge is 2.08. The summed E-state index contributed by atoms with van der Waals surface area (Å²) in [5.41, 5.74) is 3.45. The Bertz CT molecular complexity index is 812. The van der Waals surface area contributed by atoms with Crippen molar-refractivity contribution in [2.45, 2.75) is 13.8 Å². The fourth-order valence-electron chi connectivity index (χ4n) is 2.21. The van der Waals surface area contributed by atoms with Crippen LogP contribution in [0.15, 0.2) is 42.5 Å². The van der Waals surface area contributed by atoms with Crippen molar-refractivity contribution in [3.05, 3.63) is 69.2 Å². The summed E-state index contributed by atoms with van der Waals surface area (Å²) >= 11 is 11.8. The van der Waals surface area contributed by atoms with E-state index < -0.39 is 0 Å². The number of anilines is 1. The molecule has 0 aliphatic rings. The predicted molar refractivity (Wildman–Crippen MR) is 103 cm³/mol. The maximum absolute atomic E-state index is 12.0. The molecule has 2 N–H and O–H groups in total. The average molecular weight is 377 g/mol. The summed E-state index contributed by atoms with van der Waals surface area (Å²) in [6.07, 6.45) is 2.94. The number of benzene rings is 2. The molecule has 0 aliphatic carbocycles. The van der Waals surface area contributed by atoms with Crippen LogP contribution < -0.4 is 10.6 Å². The van der Waals surface area contributed by atoms with Crippen LogP contribution in [0.5, 0.6) is 0 Å². The van der Waals surface area contributed by atoms with Crippen LogP contribution in [0.2, 0.25) is 10.0 Å². The zero-order valence-corrected chi connectivity index (χ0v) is 15.4. The molecule has 0 aliphatic heterocycles. The van der Waals surface area contributed by atoms with E-state index >= 15 is 0 Å². The molecule has 25 heavy (non-hydrogen) atoms. The number of para-hydroxylation sites is 1. The van der Waals surface area contributed by atoms with Crippen molar-refractivity contribution in [2.24, 2.45) is 0 Å². The van der Waals surface area contributed by atoms with E-state index in [-0.39, 0.29) is 18.4 Å². The highest BCUT2D eigenvalue weighted by molar-refractivity contribution is 6.42. The number of hydrogen-bond donors (Lipinski definition) is 2. The summed E-state index contributed by atoms with van der Waals surface area (Å²) in [6.45, 7) is 3.72. The number of aryl methyl sites for hydroxylation is 2. The number of carbonyl (C=O) groups is 2. The number of carbonyl (C=O) groups excluding carboxylic acids is 2. The molecule has 0 unspecified atom stereocenters. The second kappa shape index (κ2) is 8.70. The van der Waals surface area contributed by atoms with Crippen LogP contribution in [-0.4, -0.2) is 18.4 Å². The van der Waals surface area contributed by atoms with Gasteiger partial charge in [-0.3, -0.25) is 9.59 Å². The predicted octanol–water partition coefficient (Wildman–Crippen LogP) is 4.38. The van der Waals surface area contributed by atoms with E-state index in [0.29, 0.717) is 10.0 Å². The summed E-state index contributed by atoms with van der Waals surface area (Å²) in [5, 5.41) is 6.22. The maximum Gasteiger partial charge on any atom is 0.244 e. The Labute approximate surface area is 156 Å². The molecular formula is C19H18Cl2N2O2. The van der Waals surface area contributed by atoms with E-state index in [1.165, 1.54) is 6.08 Å². The van der Waals surface area contributed by atoms with Gasteiger partial charge < -0.3 is 10.6 Å². The minimum absolute atomic E-state index is 0.113. The lowest BCUT2D eigenvalue weighted by Crippen LogP contribution is -2.32. The van der Waals surface area contributed by atoms with E-state index in [4.69, 9.17) is 23.2 Å². The van der Waals surface area contributed by atoms with Crippen LogP contribution in [-0.2, 0) is 9.59 Å². The van der Waals surface area contributed by atoms with Gasteiger partial charge in [0.1, 0.15) is 0 Å². The summed E-state index contributed by atoms with van der Waals surface area (Å²) in [7, 11) is 0. The van der Waals surface area contributed by atoms with Crippen molar-refractivity contribution in [3.8, 4) is 0 Å². The molecule has 2 amide bonds. The molecular weight excluding hydrogens is 359 g/mol. The van der Waals surface area contributed by atoms with Gasteiger partial charge in [0.25, 0.3) is 0 Å². The van der Waals surface area contributed by atoms with E-state index in [9.17, 15) is 9.59 Å². The summed E-state index contributed by atoms with van der Waals surface area (Å²) < 4.78 is 0. The highest BCUT2D eigenvalue weighted by atomic mass is 35.5. The first-order valence-corrected chi connectivity index (χ1v) is 8.39. The van der Waals surface area contributed by atoms with Gasteiger partial charge in [0.05, 0.1) is 16.6 Å². The molecule has 2 rings (SSSR count). The molecule has 0 fully saturated rings. The van der Waals surface area contributed by atoms with Gasteiger partial charge in [-0.25, -0.2) is 0 Å². The van der Waals surface area contributed by atoms with Crippen molar-refractivity contribution in [2.75, 3.05) is 11.9 Å². The molecule has 0 atom stereocenters. The molecule has 0 saturated heterocycles. The zero-order valence-electron chi connectivity index (χ0n) is 13.9. The van der Waals surface area contributed by atoms with Gasteiger partial charge in [-0.1, -0.05) is 47.5 Å². The molecule has 6 heteroatoms. The molecule has 0 heterocycles. The van der Waals surface area contributed by atoms with Gasteiger partial charge in [-0.2, -0.15) is 0 Å². The Morgan fingerprint density at radius 1 is 1.04 bits per heavy atom. The van der Waals surface area contributed by atoms with Gasteiger partial charge in [0.2, 0.25) is 11.8 Å². The third-order valence-electron chi connectivity index (χ3n) is 3.54. The van der Waals surface area contributed by atoms with Crippen molar-refractivity contribution < 1.29 is 9.59 Å². The molecule has 0 saturated carbocycles. The Morgan fingerprint density at radius 2 is 1.72 bits per heavy atom. The molecule has 0 spiro atoms. The Morgan fingerprint density at radius 3 is 2.36 bits per heavy atom. The Balaban J connectivity index is 1.88. The van der Waals surface area contributed by atoms with E-state index in [2.05, 4.69) is 10.6 Å². The minimum atomic E-state index is -0.372. The van der Waals surface area contributed by atoms with Crippen LogP contribution >= 0.6 is 23.2 Å². The van der Waals surface area contributed by atoms with E-state index in [0.717, 1.165) is 22.4 Å². The lowest BCUT2D eigenvalue weighted by molar-refractivity contribution is -0.121. The summed E-state index contributed by atoms with van der Waals surface area (Å²) in [5.74, 6) is -0.656. The lowest BCUT2D eigenvalue weighted by atomic mass is 10.1. The second-order valence-corrected chi connectivity index (χ2v) is 6.35. The standard InChI is InChI=1S/C19H18Cl2N2O2/c1-12-4-3-5-13(2)19(12)23-18(25)11-22-17(24)9-7-14-6-8-15(20)16(21)10-14/h3-10H,11H2,1-2H3,(H,22,24)(H,23,25)/b9-7+. The van der Waals surface area contributed by atoms with Gasteiger partial charge in [-0.05, 0) is 48.7 Å². The summed E-state index contributed by atoms with van der Waals surface area (Å²) in [4.78, 5) is 23.8. The first-order valence-electron chi connectivity index (χ1n) is 7.64.